The summed E-state index contributed by atoms with van der Waals surface area (Å²) in [6.45, 7) is 2.15. The van der Waals surface area contributed by atoms with Crippen molar-refractivity contribution in [1.82, 2.24) is 9.97 Å². The summed E-state index contributed by atoms with van der Waals surface area (Å²) in [7, 11) is 0. The lowest BCUT2D eigenvalue weighted by Gasteiger charge is -2.33. The van der Waals surface area contributed by atoms with Crippen molar-refractivity contribution in [2.45, 2.75) is 18.8 Å². The summed E-state index contributed by atoms with van der Waals surface area (Å²) >= 11 is 0. The van der Waals surface area contributed by atoms with Gasteiger partial charge < -0.3 is 9.88 Å². The highest BCUT2D eigenvalue weighted by atomic mass is 15.2. The molecule has 3 nitrogen and oxygen atoms in total. The molecule has 3 aromatic rings. The quantitative estimate of drug-likeness (QED) is 0.769. The summed E-state index contributed by atoms with van der Waals surface area (Å²) < 4.78 is 0. The number of hydrogen-bond donors (Lipinski definition) is 1. The maximum Gasteiger partial charge on any atom is 0.128 e. The van der Waals surface area contributed by atoms with Gasteiger partial charge in [0.1, 0.15) is 5.82 Å². The number of aromatic nitrogens is 2. The Morgan fingerprint density at radius 2 is 2.00 bits per heavy atom. The van der Waals surface area contributed by atoms with Crippen LogP contribution in [-0.2, 0) is 0 Å². The molecule has 106 valence electrons. The number of fused-ring (bicyclic) bond motifs is 1. The van der Waals surface area contributed by atoms with Gasteiger partial charge in [0, 0.05) is 36.4 Å². The highest BCUT2D eigenvalue weighted by Gasteiger charge is 2.23. The van der Waals surface area contributed by atoms with Crippen molar-refractivity contribution in [2.75, 3.05) is 18.0 Å². The summed E-state index contributed by atoms with van der Waals surface area (Å²) in [4.78, 5) is 10.5. The zero-order valence-corrected chi connectivity index (χ0v) is 12.0. The molecule has 21 heavy (non-hydrogen) atoms. The Morgan fingerprint density at radius 1 is 1.10 bits per heavy atom. The number of anilines is 1. The van der Waals surface area contributed by atoms with Crippen molar-refractivity contribution in [3.05, 3.63) is 60.4 Å². The number of pyridine rings is 1. The van der Waals surface area contributed by atoms with E-state index in [0.717, 1.165) is 18.9 Å². The number of benzene rings is 1. The summed E-state index contributed by atoms with van der Waals surface area (Å²) in [5.41, 5.74) is 2.60. The summed E-state index contributed by atoms with van der Waals surface area (Å²) in [5.74, 6) is 1.66. The normalized spacial score (nSPS) is 19.0. The zero-order valence-electron chi connectivity index (χ0n) is 12.0. The molecule has 1 aliphatic heterocycles. The van der Waals surface area contributed by atoms with Gasteiger partial charge in [-0.3, -0.25) is 0 Å². The number of nitrogens with zero attached hydrogens (tertiary/aromatic N) is 2. The predicted molar refractivity (Wildman–Crippen MR) is 86.7 cm³/mol. The van der Waals surface area contributed by atoms with Gasteiger partial charge in [0.05, 0.1) is 0 Å². The smallest absolute Gasteiger partial charge is 0.128 e. The van der Waals surface area contributed by atoms with Crippen LogP contribution in [0.15, 0.2) is 54.7 Å². The first kappa shape index (κ1) is 12.5. The van der Waals surface area contributed by atoms with Crippen LogP contribution in [0.3, 0.4) is 0 Å². The van der Waals surface area contributed by atoms with E-state index in [2.05, 4.69) is 57.3 Å². The maximum absolute atomic E-state index is 4.49. The summed E-state index contributed by atoms with van der Waals surface area (Å²) in [5, 5.41) is 1.31. The lowest BCUT2D eigenvalue weighted by Crippen LogP contribution is -2.34. The molecule has 0 spiro atoms. The monoisotopic (exact) mass is 277 g/mol. The fraction of sp³-hybridized carbons (Fsp3) is 0.278. The third-order valence-corrected chi connectivity index (χ3v) is 4.39. The number of H-pyrrole nitrogens is 1. The van der Waals surface area contributed by atoms with Crippen molar-refractivity contribution >= 4 is 16.7 Å². The number of hydrogen-bond acceptors (Lipinski definition) is 2. The SMILES string of the molecule is c1ccc(N2CCC[C@@H](c3cc4ccccc4[nH]3)C2)nc1. The minimum Gasteiger partial charge on any atom is -0.358 e. The van der Waals surface area contributed by atoms with E-state index in [0.29, 0.717) is 5.92 Å². The Hall–Kier alpha value is -2.29. The Kier molecular flexibility index (Phi) is 3.11. The molecule has 1 saturated heterocycles. The number of rotatable bonds is 2. The van der Waals surface area contributed by atoms with Crippen LogP contribution >= 0.6 is 0 Å². The van der Waals surface area contributed by atoms with E-state index in [1.165, 1.54) is 29.4 Å². The lowest BCUT2D eigenvalue weighted by atomic mass is 9.95. The van der Waals surface area contributed by atoms with Gasteiger partial charge in [0.15, 0.2) is 0 Å². The van der Waals surface area contributed by atoms with Gasteiger partial charge in [-0.1, -0.05) is 24.3 Å². The van der Waals surface area contributed by atoms with Crippen LogP contribution < -0.4 is 4.90 Å². The van der Waals surface area contributed by atoms with Crippen molar-refractivity contribution in [3.8, 4) is 0 Å². The lowest BCUT2D eigenvalue weighted by molar-refractivity contribution is 0.501. The standard InChI is InChI=1S/C18H19N3/c1-2-8-16-14(6-1)12-17(20-16)15-7-5-11-21(13-15)18-9-3-4-10-19-18/h1-4,6,8-10,12,15,20H,5,7,11,13H2/t15-/m1/s1. The van der Waals surface area contributed by atoms with Gasteiger partial charge in [-0.2, -0.15) is 0 Å². The van der Waals surface area contributed by atoms with Gasteiger partial charge in [-0.25, -0.2) is 4.98 Å². The molecule has 1 N–H and O–H groups in total. The molecule has 1 aromatic carbocycles. The third kappa shape index (κ3) is 2.40. The average molecular weight is 277 g/mol. The summed E-state index contributed by atoms with van der Waals surface area (Å²) in [6.07, 6.45) is 4.34. The molecule has 0 unspecified atom stereocenters. The first-order valence-corrected chi connectivity index (χ1v) is 7.64. The number of aromatic amines is 1. The van der Waals surface area contributed by atoms with E-state index < -0.39 is 0 Å². The Labute approximate surface area is 124 Å². The molecule has 3 heteroatoms. The molecule has 1 atom stereocenters. The van der Waals surface area contributed by atoms with Crippen LogP contribution in [0.2, 0.25) is 0 Å². The van der Waals surface area contributed by atoms with E-state index in [1.54, 1.807) is 0 Å². The van der Waals surface area contributed by atoms with Crippen molar-refractivity contribution in [3.63, 3.8) is 0 Å². The number of nitrogens with one attached hydrogen (secondary N) is 1. The Morgan fingerprint density at radius 3 is 2.86 bits per heavy atom. The molecule has 4 rings (SSSR count). The van der Waals surface area contributed by atoms with Gasteiger partial charge in [-0.15, -0.1) is 0 Å². The molecule has 0 saturated carbocycles. The van der Waals surface area contributed by atoms with E-state index in [-0.39, 0.29) is 0 Å². The van der Waals surface area contributed by atoms with Crippen molar-refractivity contribution in [2.24, 2.45) is 0 Å². The Balaban J connectivity index is 1.60. The van der Waals surface area contributed by atoms with Crippen LogP contribution in [-0.4, -0.2) is 23.1 Å². The van der Waals surface area contributed by atoms with Crippen LogP contribution in [0.4, 0.5) is 5.82 Å². The molecule has 0 amide bonds. The highest BCUT2D eigenvalue weighted by Crippen LogP contribution is 2.30. The molecule has 0 radical (unpaired) electrons. The maximum atomic E-state index is 4.49. The third-order valence-electron chi connectivity index (χ3n) is 4.39. The highest BCUT2D eigenvalue weighted by molar-refractivity contribution is 5.80. The molecule has 3 heterocycles. The van der Waals surface area contributed by atoms with E-state index >= 15 is 0 Å². The number of para-hydroxylation sites is 1. The van der Waals surface area contributed by atoms with E-state index in [4.69, 9.17) is 0 Å². The van der Waals surface area contributed by atoms with Crippen molar-refractivity contribution in [1.29, 1.82) is 0 Å². The topological polar surface area (TPSA) is 31.9 Å². The summed E-state index contributed by atoms with van der Waals surface area (Å²) in [6, 6.07) is 17.0. The molecule has 1 fully saturated rings. The first-order valence-electron chi connectivity index (χ1n) is 7.64. The zero-order chi connectivity index (χ0) is 14.1. The number of piperidine rings is 1. The Bertz CT molecular complexity index is 699. The van der Waals surface area contributed by atoms with Crippen LogP contribution in [0.1, 0.15) is 24.5 Å². The second kappa shape index (κ2) is 5.24. The van der Waals surface area contributed by atoms with Crippen LogP contribution in [0.5, 0.6) is 0 Å². The van der Waals surface area contributed by atoms with Gasteiger partial charge in [0.25, 0.3) is 0 Å². The van der Waals surface area contributed by atoms with E-state index in [1.807, 2.05) is 12.3 Å². The van der Waals surface area contributed by atoms with E-state index in [9.17, 15) is 0 Å². The molecular weight excluding hydrogens is 258 g/mol. The van der Waals surface area contributed by atoms with Gasteiger partial charge in [0.2, 0.25) is 0 Å². The molecule has 1 aliphatic rings. The first-order chi connectivity index (χ1) is 10.4. The van der Waals surface area contributed by atoms with Gasteiger partial charge >= 0.3 is 0 Å². The molecule has 0 bridgehead atoms. The van der Waals surface area contributed by atoms with Crippen LogP contribution in [0.25, 0.3) is 10.9 Å². The fourth-order valence-electron chi connectivity index (χ4n) is 3.30. The predicted octanol–water partition coefficient (Wildman–Crippen LogP) is 3.95. The van der Waals surface area contributed by atoms with Crippen LogP contribution in [0, 0.1) is 0 Å². The molecular formula is C18H19N3. The molecule has 0 aliphatic carbocycles. The minimum atomic E-state index is 0.563. The van der Waals surface area contributed by atoms with Gasteiger partial charge in [-0.05, 0) is 42.5 Å². The van der Waals surface area contributed by atoms with Crippen molar-refractivity contribution < 1.29 is 0 Å². The average Bonchev–Trinajstić information content (AvgIpc) is 3.00. The second-order valence-corrected chi connectivity index (χ2v) is 5.79. The fourth-order valence-corrected chi connectivity index (χ4v) is 3.30. The minimum absolute atomic E-state index is 0.563. The second-order valence-electron chi connectivity index (χ2n) is 5.79. The largest absolute Gasteiger partial charge is 0.358 e. The molecule has 2 aromatic heterocycles.